The third kappa shape index (κ3) is 2.33. The fraction of sp³-hybridized carbons (Fsp3) is 0.500. The first-order valence-corrected chi connectivity index (χ1v) is 5.97. The van der Waals surface area contributed by atoms with Crippen LogP contribution >= 0.6 is 0 Å². The molecular weight excluding hydrogens is 216 g/mol. The van der Waals surface area contributed by atoms with Crippen LogP contribution in [0.3, 0.4) is 0 Å². The minimum absolute atomic E-state index is 0.126. The summed E-state index contributed by atoms with van der Waals surface area (Å²) in [6.45, 7) is 3.22. The van der Waals surface area contributed by atoms with Crippen molar-refractivity contribution in [2.75, 3.05) is 11.4 Å². The normalized spacial score (nSPS) is 20.9. The summed E-state index contributed by atoms with van der Waals surface area (Å²) in [6, 6.07) is 4.18. The van der Waals surface area contributed by atoms with Crippen LogP contribution in [0.4, 0.5) is 5.82 Å². The van der Waals surface area contributed by atoms with Crippen LogP contribution in [0, 0.1) is 0 Å². The van der Waals surface area contributed by atoms with Crippen LogP contribution in [-0.4, -0.2) is 28.6 Å². The molecule has 5 nitrogen and oxygen atoms in total. The molecule has 1 aliphatic rings. The largest absolute Gasteiger partial charge is 0.409 e. The number of hydrogen-bond donors (Lipinski definition) is 2. The van der Waals surface area contributed by atoms with Crippen LogP contribution < -0.4 is 10.6 Å². The highest BCUT2D eigenvalue weighted by Gasteiger charge is 2.24. The minimum Gasteiger partial charge on any atom is -0.409 e. The maximum absolute atomic E-state index is 8.67. The fourth-order valence-corrected chi connectivity index (χ4v) is 2.35. The lowest BCUT2D eigenvalue weighted by atomic mass is 10.1. The lowest BCUT2D eigenvalue weighted by Crippen LogP contribution is -2.29. The molecule has 0 amide bonds. The molecule has 1 aromatic rings. The molecule has 0 bridgehead atoms. The summed E-state index contributed by atoms with van der Waals surface area (Å²) in [6.07, 6.45) is 5.24. The fourth-order valence-electron chi connectivity index (χ4n) is 2.35. The van der Waals surface area contributed by atoms with E-state index in [2.05, 4.69) is 22.0 Å². The number of nitrogens with two attached hydrogens (primary N) is 1. The number of pyridine rings is 1. The van der Waals surface area contributed by atoms with Crippen molar-refractivity contribution in [3.63, 3.8) is 0 Å². The van der Waals surface area contributed by atoms with Gasteiger partial charge in [0.15, 0.2) is 5.84 Å². The van der Waals surface area contributed by atoms with E-state index in [-0.39, 0.29) is 5.84 Å². The molecule has 92 valence electrons. The molecule has 1 atom stereocenters. The number of oxime groups is 1. The van der Waals surface area contributed by atoms with E-state index in [1.807, 2.05) is 6.07 Å². The van der Waals surface area contributed by atoms with Gasteiger partial charge in [-0.25, -0.2) is 4.98 Å². The van der Waals surface area contributed by atoms with Crippen LogP contribution in [0.1, 0.15) is 31.7 Å². The van der Waals surface area contributed by atoms with Crippen molar-refractivity contribution in [2.45, 2.75) is 32.2 Å². The lowest BCUT2D eigenvalue weighted by Gasteiger charge is -2.24. The zero-order valence-corrected chi connectivity index (χ0v) is 10.0. The summed E-state index contributed by atoms with van der Waals surface area (Å²) in [5.74, 6) is 1.04. The number of hydrogen-bond acceptors (Lipinski definition) is 4. The molecule has 3 N–H and O–H groups in total. The van der Waals surface area contributed by atoms with Crippen molar-refractivity contribution in [3.8, 4) is 0 Å². The SMILES string of the molecule is CCC1CCCN1c1cc(/C(N)=N/O)ccn1. The Hall–Kier alpha value is -1.78. The first kappa shape index (κ1) is 11.7. The molecule has 2 rings (SSSR count). The maximum Gasteiger partial charge on any atom is 0.170 e. The number of rotatable bonds is 3. The van der Waals surface area contributed by atoms with Gasteiger partial charge in [-0.05, 0) is 31.4 Å². The Bertz CT molecular complexity index is 419. The van der Waals surface area contributed by atoms with E-state index in [0.29, 0.717) is 11.6 Å². The quantitative estimate of drug-likeness (QED) is 0.360. The van der Waals surface area contributed by atoms with Crippen molar-refractivity contribution in [1.82, 2.24) is 4.98 Å². The highest BCUT2D eigenvalue weighted by atomic mass is 16.4. The van der Waals surface area contributed by atoms with Gasteiger partial charge < -0.3 is 15.8 Å². The molecule has 1 aromatic heterocycles. The topological polar surface area (TPSA) is 74.7 Å². The van der Waals surface area contributed by atoms with Gasteiger partial charge in [-0.2, -0.15) is 0 Å². The van der Waals surface area contributed by atoms with Gasteiger partial charge in [-0.3, -0.25) is 0 Å². The average molecular weight is 234 g/mol. The van der Waals surface area contributed by atoms with E-state index in [1.165, 1.54) is 12.8 Å². The Kier molecular flexibility index (Phi) is 3.46. The first-order chi connectivity index (χ1) is 8.26. The summed E-state index contributed by atoms with van der Waals surface area (Å²) in [4.78, 5) is 6.67. The smallest absolute Gasteiger partial charge is 0.170 e. The second-order valence-electron chi connectivity index (χ2n) is 4.29. The summed E-state index contributed by atoms with van der Waals surface area (Å²) in [5, 5.41) is 11.7. The predicted octanol–water partition coefficient (Wildman–Crippen LogP) is 1.55. The van der Waals surface area contributed by atoms with Gasteiger partial charge >= 0.3 is 0 Å². The molecule has 0 aliphatic carbocycles. The molecule has 1 saturated heterocycles. The van der Waals surface area contributed by atoms with Gasteiger partial charge in [-0.1, -0.05) is 12.1 Å². The average Bonchev–Trinajstić information content (AvgIpc) is 2.86. The molecule has 5 heteroatoms. The third-order valence-electron chi connectivity index (χ3n) is 3.29. The Balaban J connectivity index is 2.27. The summed E-state index contributed by atoms with van der Waals surface area (Å²) >= 11 is 0. The van der Waals surface area contributed by atoms with Gasteiger partial charge in [0.1, 0.15) is 5.82 Å². The van der Waals surface area contributed by atoms with Gasteiger partial charge in [0, 0.05) is 24.3 Å². The van der Waals surface area contributed by atoms with E-state index in [0.717, 1.165) is 18.8 Å². The van der Waals surface area contributed by atoms with Crippen molar-refractivity contribution in [1.29, 1.82) is 0 Å². The standard InChI is InChI=1S/C12H18N4O/c1-2-10-4-3-7-16(10)11-8-9(5-6-14-11)12(13)15-17/h5-6,8,10,17H,2-4,7H2,1H3,(H2,13,15). The Morgan fingerprint density at radius 3 is 3.24 bits per heavy atom. The number of aromatic nitrogens is 1. The van der Waals surface area contributed by atoms with Crippen molar-refractivity contribution in [3.05, 3.63) is 23.9 Å². The monoisotopic (exact) mass is 234 g/mol. The molecule has 0 saturated carbocycles. The Morgan fingerprint density at radius 2 is 2.53 bits per heavy atom. The Labute approximate surface area is 101 Å². The molecule has 0 radical (unpaired) electrons. The maximum atomic E-state index is 8.67. The summed E-state index contributed by atoms with van der Waals surface area (Å²) in [7, 11) is 0. The minimum atomic E-state index is 0.126. The molecule has 2 heterocycles. The Morgan fingerprint density at radius 1 is 1.71 bits per heavy atom. The number of anilines is 1. The highest BCUT2D eigenvalue weighted by Crippen LogP contribution is 2.25. The highest BCUT2D eigenvalue weighted by molar-refractivity contribution is 5.97. The van der Waals surface area contributed by atoms with Crippen LogP contribution in [0.25, 0.3) is 0 Å². The molecule has 0 aromatic carbocycles. The summed E-state index contributed by atoms with van der Waals surface area (Å²) in [5.41, 5.74) is 6.29. The first-order valence-electron chi connectivity index (χ1n) is 5.97. The molecule has 1 unspecified atom stereocenters. The van der Waals surface area contributed by atoms with Crippen molar-refractivity contribution < 1.29 is 5.21 Å². The van der Waals surface area contributed by atoms with E-state index < -0.39 is 0 Å². The van der Waals surface area contributed by atoms with Gasteiger partial charge in [0.25, 0.3) is 0 Å². The molecule has 1 fully saturated rings. The summed E-state index contributed by atoms with van der Waals surface area (Å²) < 4.78 is 0. The van der Waals surface area contributed by atoms with Gasteiger partial charge in [0.05, 0.1) is 0 Å². The van der Waals surface area contributed by atoms with Crippen LogP contribution in [0.15, 0.2) is 23.5 Å². The zero-order chi connectivity index (χ0) is 12.3. The molecular formula is C12H18N4O. The van der Waals surface area contributed by atoms with Gasteiger partial charge in [-0.15, -0.1) is 0 Å². The molecule has 1 aliphatic heterocycles. The second-order valence-corrected chi connectivity index (χ2v) is 4.29. The van der Waals surface area contributed by atoms with Gasteiger partial charge in [0.2, 0.25) is 0 Å². The number of nitrogens with zero attached hydrogens (tertiary/aromatic N) is 3. The molecule has 17 heavy (non-hydrogen) atoms. The molecule has 0 spiro atoms. The van der Waals surface area contributed by atoms with E-state index in [9.17, 15) is 0 Å². The van der Waals surface area contributed by atoms with E-state index >= 15 is 0 Å². The van der Waals surface area contributed by atoms with Crippen molar-refractivity contribution in [2.24, 2.45) is 10.9 Å². The van der Waals surface area contributed by atoms with Crippen molar-refractivity contribution >= 4 is 11.7 Å². The number of amidine groups is 1. The second kappa shape index (κ2) is 5.03. The van der Waals surface area contributed by atoms with E-state index in [4.69, 9.17) is 10.9 Å². The van der Waals surface area contributed by atoms with Crippen LogP contribution in [-0.2, 0) is 0 Å². The van der Waals surface area contributed by atoms with Crippen LogP contribution in [0.5, 0.6) is 0 Å². The van der Waals surface area contributed by atoms with Crippen LogP contribution in [0.2, 0.25) is 0 Å². The van der Waals surface area contributed by atoms with E-state index in [1.54, 1.807) is 12.3 Å². The predicted molar refractivity (Wildman–Crippen MR) is 67.4 cm³/mol. The third-order valence-corrected chi connectivity index (χ3v) is 3.29. The lowest BCUT2D eigenvalue weighted by molar-refractivity contribution is 0.318. The zero-order valence-electron chi connectivity index (χ0n) is 10.0.